The van der Waals surface area contributed by atoms with Gasteiger partial charge >= 0.3 is 0 Å². The van der Waals surface area contributed by atoms with Crippen LogP contribution in [0.15, 0.2) is 42.7 Å². The zero-order valence-electron chi connectivity index (χ0n) is 19.9. The van der Waals surface area contributed by atoms with Crippen LogP contribution in [-0.2, 0) is 18.6 Å². The second kappa shape index (κ2) is 9.72. The van der Waals surface area contributed by atoms with E-state index >= 15 is 0 Å². The monoisotopic (exact) mass is 463 g/mol. The van der Waals surface area contributed by atoms with Gasteiger partial charge in [-0.25, -0.2) is 9.37 Å². The average Bonchev–Trinajstić information content (AvgIpc) is 2.78. The first kappa shape index (κ1) is 23.6. The lowest BCUT2D eigenvalue weighted by Crippen LogP contribution is -2.31. The summed E-state index contributed by atoms with van der Waals surface area (Å²) in [6.07, 6.45) is 4.01. The zero-order chi connectivity index (χ0) is 24.3. The molecule has 178 valence electrons. The number of amides is 1. The predicted molar refractivity (Wildman–Crippen MR) is 131 cm³/mol. The summed E-state index contributed by atoms with van der Waals surface area (Å²) in [6.45, 7) is 8.45. The van der Waals surface area contributed by atoms with Gasteiger partial charge in [0.05, 0.1) is 5.69 Å². The first-order chi connectivity index (χ1) is 16.2. The van der Waals surface area contributed by atoms with Gasteiger partial charge in [-0.15, -0.1) is 0 Å². The Bertz CT molecular complexity index is 1190. The maximum atomic E-state index is 14.4. The molecule has 4 rings (SSSR count). The molecule has 1 aliphatic heterocycles. The highest BCUT2D eigenvalue weighted by Gasteiger charge is 2.22. The number of aromatic nitrogens is 3. The summed E-state index contributed by atoms with van der Waals surface area (Å²) in [6, 6.07) is 9.44. The molecule has 0 saturated heterocycles. The minimum absolute atomic E-state index is 0.0536. The molecule has 1 aromatic carbocycles. The van der Waals surface area contributed by atoms with E-state index in [9.17, 15) is 9.18 Å². The maximum Gasteiger partial charge on any atom is 0.256 e. The SMILES string of the molecule is CC(C)NC(=O)c1cnc(Nc2ccc3c(c2)CNCC3)nc1Nc1ccnc(C(C)(C)F)c1. The fourth-order valence-corrected chi connectivity index (χ4v) is 3.70. The molecule has 0 bridgehead atoms. The topological polar surface area (TPSA) is 104 Å². The number of fused-ring (bicyclic) bond motifs is 1. The fraction of sp³-hybridized carbons (Fsp3) is 0.360. The maximum absolute atomic E-state index is 14.4. The van der Waals surface area contributed by atoms with Gasteiger partial charge in [0.2, 0.25) is 5.95 Å². The van der Waals surface area contributed by atoms with Gasteiger partial charge in [-0.3, -0.25) is 9.78 Å². The summed E-state index contributed by atoms with van der Waals surface area (Å²) in [7, 11) is 0. The average molecular weight is 464 g/mol. The Balaban J connectivity index is 1.65. The first-order valence-electron chi connectivity index (χ1n) is 11.4. The summed E-state index contributed by atoms with van der Waals surface area (Å²) < 4.78 is 14.4. The van der Waals surface area contributed by atoms with E-state index in [4.69, 9.17) is 0 Å². The van der Waals surface area contributed by atoms with Gasteiger partial charge in [-0.05, 0) is 76.1 Å². The van der Waals surface area contributed by atoms with E-state index in [1.807, 2.05) is 19.9 Å². The van der Waals surface area contributed by atoms with E-state index in [1.54, 1.807) is 12.1 Å². The molecule has 0 aliphatic carbocycles. The Morgan fingerprint density at radius 3 is 2.65 bits per heavy atom. The third kappa shape index (κ3) is 5.66. The number of halogens is 1. The second-order valence-corrected chi connectivity index (χ2v) is 9.15. The molecule has 9 heteroatoms. The van der Waals surface area contributed by atoms with Gasteiger partial charge in [0.15, 0.2) is 0 Å². The van der Waals surface area contributed by atoms with Crippen LogP contribution in [0, 0.1) is 0 Å². The van der Waals surface area contributed by atoms with Crippen LogP contribution in [0.5, 0.6) is 0 Å². The molecule has 3 heterocycles. The molecule has 0 radical (unpaired) electrons. The van der Waals surface area contributed by atoms with Crippen LogP contribution >= 0.6 is 0 Å². The van der Waals surface area contributed by atoms with Crippen molar-refractivity contribution in [3.63, 3.8) is 0 Å². The van der Waals surface area contributed by atoms with E-state index in [0.29, 0.717) is 17.5 Å². The highest BCUT2D eigenvalue weighted by Crippen LogP contribution is 2.27. The zero-order valence-corrected chi connectivity index (χ0v) is 19.9. The Kier molecular flexibility index (Phi) is 6.74. The molecule has 4 N–H and O–H groups in total. The van der Waals surface area contributed by atoms with Crippen molar-refractivity contribution in [2.24, 2.45) is 0 Å². The summed E-state index contributed by atoms with van der Waals surface area (Å²) in [5.41, 5.74) is 2.96. The molecule has 0 unspecified atom stereocenters. The van der Waals surface area contributed by atoms with E-state index in [-0.39, 0.29) is 23.2 Å². The minimum Gasteiger partial charge on any atom is -0.350 e. The fourth-order valence-electron chi connectivity index (χ4n) is 3.70. The number of nitrogens with one attached hydrogen (secondary N) is 4. The molecular weight excluding hydrogens is 433 g/mol. The summed E-state index contributed by atoms with van der Waals surface area (Å²) in [4.78, 5) is 25.8. The highest BCUT2D eigenvalue weighted by atomic mass is 19.1. The van der Waals surface area contributed by atoms with Crippen molar-refractivity contribution in [3.05, 3.63) is 65.1 Å². The molecule has 0 atom stereocenters. The van der Waals surface area contributed by atoms with Crippen LogP contribution in [0.1, 0.15) is 54.9 Å². The van der Waals surface area contributed by atoms with Crippen LogP contribution in [0.4, 0.5) is 27.5 Å². The van der Waals surface area contributed by atoms with Crippen LogP contribution < -0.4 is 21.3 Å². The third-order valence-corrected chi connectivity index (χ3v) is 5.43. The van der Waals surface area contributed by atoms with Crippen LogP contribution in [-0.4, -0.2) is 33.4 Å². The van der Waals surface area contributed by atoms with E-state index in [2.05, 4.69) is 48.4 Å². The van der Waals surface area contributed by atoms with Gasteiger partial charge < -0.3 is 21.3 Å². The lowest BCUT2D eigenvalue weighted by Gasteiger charge is -2.19. The van der Waals surface area contributed by atoms with Crippen molar-refractivity contribution >= 4 is 29.0 Å². The van der Waals surface area contributed by atoms with E-state index < -0.39 is 5.67 Å². The van der Waals surface area contributed by atoms with Gasteiger partial charge in [0.1, 0.15) is 17.1 Å². The summed E-state index contributed by atoms with van der Waals surface area (Å²) in [5, 5.41) is 12.6. The van der Waals surface area contributed by atoms with Crippen molar-refractivity contribution < 1.29 is 9.18 Å². The van der Waals surface area contributed by atoms with E-state index in [1.165, 1.54) is 37.4 Å². The van der Waals surface area contributed by atoms with Gasteiger partial charge in [-0.1, -0.05) is 6.07 Å². The number of benzene rings is 1. The van der Waals surface area contributed by atoms with Gasteiger partial charge in [-0.2, -0.15) is 4.98 Å². The van der Waals surface area contributed by atoms with Crippen molar-refractivity contribution in [1.29, 1.82) is 0 Å². The Morgan fingerprint density at radius 1 is 1.09 bits per heavy atom. The Morgan fingerprint density at radius 2 is 1.88 bits per heavy atom. The summed E-state index contributed by atoms with van der Waals surface area (Å²) in [5.74, 6) is 0.348. The van der Waals surface area contributed by atoms with Crippen LogP contribution in [0.3, 0.4) is 0 Å². The molecular formula is C25H30FN7O. The van der Waals surface area contributed by atoms with Crippen LogP contribution in [0.2, 0.25) is 0 Å². The molecule has 1 aliphatic rings. The highest BCUT2D eigenvalue weighted by molar-refractivity contribution is 5.99. The number of alkyl halides is 1. The molecule has 0 saturated carbocycles. The number of carbonyl (C=O) groups is 1. The minimum atomic E-state index is -1.60. The standard InChI is InChI=1S/C25H30FN7O/c1-15(2)30-23(34)20-14-29-24(32-18-6-5-16-7-9-27-13-17(16)11-18)33-22(20)31-19-8-10-28-21(12-19)25(3,4)26/h5-6,8,10-12,14-15,27H,7,9,13H2,1-4H3,(H,30,34)(H2,28,29,31,32,33). The lowest BCUT2D eigenvalue weighted by molar-refractivity contribution is 0.0943. The van der Waals surface area contributed by atoms with Gasteiger partial charge in [0, 0.05) is 36.4 Å². The number of rotatable bonds is 7. The van der Waals surface area contributed by atoms with Crippen molar-refractivity contribution in [2.45, 2.75) is 52.4 Å². The Hall–Kier alpha value is -3.59. The number of nitrogens with zero attached hydrogens (tertiary/aromatic N) is 3. The molecule has 2 aromatic heterocycles. The van der Waals surface area contributed by atoms with Gasteiger partial charge in [0.25, 0.3) is 5.91 Å². The lowest BCUT2D eigenvalue weighted by atomic mass is 10.0. The number of anilines is 4. The number of hydrogen-bond donors (Lipinski definition) is 4. The molecule has 0 fully saturated rings. The van der Waals surface area contributed by atoms with Crippen LogP contribution in [0.25, 0.3) is 0 Å². The molecule has 8 nitrogen and oxygen atoms in total. The normalized spacial score (nSPS) is 13.4. The van der Waals surface area contributed by atoms with Crippen molar-refractivity contribution in [1.82, 2.24) is 25.6 Å². The van der Waals surface area contributed by atoms with Crippen molar-refractivity contribution in [2.75, 3.05) is 17.2 Å². The molecule has 1 amide bonds. The first-order valence-corrected chi connectivity index (χ1v) is 11.4. The van der Waals surface area contributed by atoms with Crippen molar-refractivity contribution in [3.8, 4) is 0 Å². The second-order valence-electron chi connectivity index (χ2n) is 9.15. The van der Waals surface area contributed by atoms with E-state index in [0.717, 1.165) is 25.2 Å². The molecule has 3 aromatic rings. The quantitative estimate of drug-likeness (QED) is 0.413. The smallest absolute Gasteiger partial charge is 0.256 e. The predicted octanol–water partition coefficient (Wildman–Crippen LogP) is 4.35. The number of carbonyl (C=O) groups excluding carboxylic acids is 1. The number of hydrogen-bond acceptors (Lipinski definition) is 7. The molecule has 0 spiro atoms. The largest absolute Gasteiger partial charge is 0.350 e. The number of pyridine rings is 1. The molecule has 34 heavy (non-hydrogen) atoms. The summed E-state index contributed by atoms with van der Waals surface area (Å²) >= 11 is 0. The Labute approximate surface area is 198 Å². The third-order valence-electron chi connectivity index (χ3n) is 5.43.